The van der Waals surface area contributed by atoms with Crippen molar-refractivity contribution in [1.29, 1.82) is 0 Å². The molecule has 122 valence electrons. The van der Waals surface area contributed by atoms with E-state index in [9.17, 15) is 0 Å². The third kappa shape index (κ3) is 4.37. The third-order valence-corrected chi connectivity index (χ3v) is 3.64. The van der Waals surface area contributed by atoms with Gasteiger partial charge in [0.25, 0.3) is 0 Å². The van der Waals surface area contributed by atoms with Crippen LogP contribution in [0.5, 0.6) is 11.5 Å². The molecule has 3 aromatic carbocycles. The molecule has 0 fully saturated rings. The van der Waals surface area contributed by atoms with Crippen LogP contribution in [0.1, 0.15) is 11.1 Å². The highest BCUT2D eigenvalue weighted by atomic mass is 16.5. The average molecular weight is 319 g/mol. The van der Waals surface area contributed by atoms with E-state index in [4.69, 9.17) is 9.47 Å². The van der Waals surface area contributed by atoms with Gasteiger partial charge < -0.3 is 14.8 Å². The second-order valence-electron chi connectivity index (χ2n) is 5.52. The molecule has 3 rings (SSSR count). The molecule has 0 amide bonds. The van der Waals surface area contributed by atoms with Crippen molar-refractivity contribution in [2.45, 2.75) is 13.2 Å². The molecule has 24 heavy (non-hydrogen) atoms. The highest BCUT2D eigenvalue weighted by molar-refractivity contribution is 5.57. The van der Waals surface area contributed by atoms with Crippen LogP contribution in [0.15, 0.2) is 78.9 Å². The van der Waals surface area contributed by atoms with Gasteiger partial charge in [-0.15, -0.1) is 0 Å². The minimum absolute atomic E-state index is 0.627. The Morgan fingerprint density at radius 3 is 2.38 bits per heavy atom. The molecule has 0 atom stereocenters. The fraction of sp³-hybridized carbons (Fsp3) is 0.143. The SMILES string of the molecule is COCc1cccc(CNc2ccccc2Oc2ccccc2)c1. The van der Waals surface area contributed by atoms with E-state index >= 15 is 0 Å². The molecule has 0 aromatic heterocycles. The lowest BCUT2D eigenvalue weighted by atomic mass is 10.1. The second kappa shape index (κ2) is 8.18. The predicted octanol–water partition coefficient (Wildman–Crippen LogP) is 5.24. The predicted molar refractivity (Wildman–Crippen MR) is 97.4 cm³/mol. The number of hydrogen-bond acceptors (Lipinski definition) is 3. The molecular formula is C21H21NO2. The maximum atomic E-state index is 5.98. The molecular weight excluding hydrogens is 298 g/mol. The molecule has 0 heterocycles. The van der Waals surface area contributed by atoms with E-state index in [2.05, 4.69) is 29.6 Å². The Morgan fingerprint density at radius 1 is 0.792 bits per heavy atom. The first-order valence-electron chi connectivity index (χ1n) is 7.98. The summed E-state index contributed by atoms with van der Waals surface area (Å²) < 4.78 is 11.2. The largest absolute Gasteiger partial charge is 0.455 e. The molecule has 1 N–H and O–H groups in total. The molecule has 0 radical (unpaired) electrons. The Kier molecular flexibility index (Phi) is 5.48. The van der Waals surface area contributed by atoms with Gasteiger partial charge in [-0.05, 0) is 35.4 Å². The number of methoxy groups -OCH3 is 1. The third-order valence-electron chi connectivity index (χ3n) is 3.64. The number of anilines is 1. The molecule has 0 saturated heterocycles. The molecule has 0 saturated carbocycles. The first kappa shape index (κ1) is 16.1. The van der Waals surface area contributed by atoms with Crippen LogP contribution in [-0.2, 0) is 17.9 Å². The molecule has 0 aliphatic rings. The second-order valence-corrected chi connectivity index (χ2v) is 5.52. The van der Waals surface area contributed by atoms with Crippen LogP contribution in [0.2, 0.25) is 0 Å². The number of benzene rings is 3. The molecule has 0 spiro atoms. The van der Waals surface area contributed by atoms with Gasteiger partial charge in [0, 0.05) is 13.7 Å². The summed E-state index contributed by atoms with van der Waals surface area (Å²) in [6, 6.07) is 26.2. The summed E-state index contributed by atoms with van der Waals surface area (Å²) in [5, 5.41) is 3.45. The molecule has 3 aromatic rings. The van der Waals surface area contributed by atoms with E-state index < -0.39 is 0 Å². The fourth-order valence-corrected chi connectivity index (χ4v) is 2.51. The monoisotopic (exact) mass is 319 g/mol. The van der Waals surface area contributed by atoms with Crippen LogP contribution >= 0.6 is 0 Å². The van der Waals surface area contributed by atoms with Gasteiger partial charge in [0.1, 0.15) is 5.75 Å². The average Bonchev–Trinajstić information content (AvgIpc) is 2.63. The van der Waals surface area contributed by atoms with Crippen molar-refractivity contribution in [3.8, 4) is 11.5 Å². The van der Waals surface area contributed by atoms with Crippen LogP contribution in [-0.4, -0.2) is 7.11 Å². The van der Waals surface area contributed by atoms with Gasteiger partial charge in [-0.25, -0.2) is 0 Å². The van der Waals surface area contributed by atoms with Crippen LogP contribution in [0.4, 0.5) is 5.69 Å². The van der Waals surface area contributed by atoms with Crippen LogP contribution < -0.4 is 10.1 Å². The maximum absolute atomic E-state index is 5.98. The zero-order valence-electron chi connectivity index (χ0n) is 13.7. The Balaban J connectivity index is 1.70. The summed E-state index contributed by atoms with van der Waals surface area (Å²) >= 11 is 0. The van der Waals surface area contributed by atoms with Crippen molar-refractivity contribution in [3.05, 3.63) is 90.0 Å². The minimum atomic E-state index is 0.627. The molecule has 3 heteroatoms. The number of rotatable bonds is 7. The first-order chi connectivity index (χ1) is 11.8. The molecule has 3 nitrogen and oxygen atoms in total. The van der Waals surface area contributed by atoms with E-state index in [1.54, 1.807) is 7.11 Å². The Labute approximate surface area is 142 Å². The van der Waals surface area contributed by atoms with Gasteiger partial charge in [-0.2, -0.15) is 0 Å². The topological polar surface area (TPSA) is 30.5 Å². The summed E-state index contributed by atoms with van der Waals surface area (Å²) in [6.45, 7) is 1.36. The summed E-state index contributed by atoms with van der Waals surface area (Å²) in [7, 11) is 1.71. The van der Waals surface area contributed by atoms with Crippen LogP contribution in [0.25, 0.3) is 0 Å². The Morgan fingerprint density at radius 2 is 1.54 bits per heavy atom. The van der Waals surface area contributed by atoms with E-state index in [1.165, 1.54) is 11.1 Å². The summed E-state index contributed by atoms with van der Waals surface area (Å²) in [4.78, 5) is 0. The lowest BCUT2D eigenvalue weighted by Gasteiger charge is -2.13. The van der Waals surface area contributed by atoms with Gasteiger partial charge in [0.2, 0.25) is 0 Å². The van der Waals surface area contributed by atoms with E-state index in [0.29, 0.717) is 6.61 Å². The zero-order valence-corrected chi connectivity index (χ0v) is 13.7. The quantitative estimate of drug-likeness (QED) is 0.646. The minimum Gasteiger partial charge on any atom is -0.455 e. The van der Waals surface area contributed by atoms with Crippen LogP contribution in [0.3, 0.4) is 0 Å². The van der Waals surface area contributed by atoms with Crippen LogP contribution in [0, 0.1) is 0 Å². The van der Waals surface area contributed by atoms with Gasteiger partial charge in [-0.1, -0.05) is 54.6 Å². The number of ether oxygens (including phenoxy) is 2. The van der Waals surface area contributed by atoms with Gasteiger partial charge in [0.15, 0.2) is 5.75 Å². The maximum Gasteiger partial charge on any atom is 0.150 e. The van der Waals surface area contributed by atoms with Gasteiger partial charge >= 0.3 is 0 Å². The van der Waals surface area contributed by atoms with Gasteiger partial charge in [-0.3, -0.25) is 0 Å². The fourth-order valence-electron chi connectivity index (χ4n) is 2.51. The smallest absolute Gasteiger partial charge is 0.150 e. The normalized spacial score (nSPS) is 10.4. The highest BCUT2D eigenvalue weighted by Gasteiger charge is 2.04. The van der Waals surface area contributed by atoms with Crippen molar-refractivity contribution < 1.29 is 9.47 Å². The number of para-hydroxylation sites is 3. The number of nitrogens with one attached hydrogen (secondary N) is 1. The van der Waals surface area contributed by atoms with Crippen molar-refractivity contribution in [2.24, 2.45) is 0 Å². The van der Waals surface area contributed by atoms with Crippen molar-refractivity contribution in [3.63, 3.8) is 0 Å². The standard InChI is InChI=1S/C21H21NO2/c1-23-16-18-9-7-8-17(14-18)15-22-20-12-5-6-13-21(20)24-19-10-3-2-4-11-19/h2-14,22H,15-16H2,1H3. The van der Waals surface area contributed by atoms with Gasteiger partial charge in [0.05, 0.1) is 12.3 Å². The van der Waals surface area contributed by atoms with Crippen molar-refractivity contribution >= 4 is 5.69 Å². The lowest BCUT2D eigenvalue weighted by molar-refractivity contribution is 0.185. The lowest BCUT2D eigenvalue weighted by Crippen LogP contribution is -2.02. The van der Waals surface area contributed by atoms with E-state index in [1.807, 2.05) is 54.6 Å². The van der Waals surface area contributed by atoms with Crippen molar-refractivity contribution in [1.82, 2.24) is 0 Å². The van der Waals surface area contributed by atoms with E-state index in [0.717, 1.165) is 23.7 Å². The highest BCUT2D eigenvalue weighted by Crippen LogP contribution is 2.29. The summed E-state index contributed by atoms with van der Waals surface area (Å²) in [5.74, 6) is 1.64. The molecule has 0 aliphatic carbocycles. The first-order valence-corrected chi connectivity index (χ1v) is 7.98. The number of hydrogen-bond donors (Lipinski definition) is 1. The molecule has 0 bridgehead atoms. The zero-order chi connectivity index (χ0) is 16.6. The summed E-state index contributed by atoms with van der Waals surface area (Å²) in [5.41, 5.74) is 3.35. The Hall–Kier alpha value is -2.78. The van der Waals surface area contributed by atoms with Crippen molar-refractivity contribution in [2.75, 3.05) is 12.4 Å². The summed E-state index contributed by atoms with van der Waals surface area (Å²) in [6.07, 6.45) is 0. The Bertz CT molecular complexity index is 772. The molecule has 0 aliphatic heterocycles. The molecule has 0 unspecified atom stereocenters. The van der Waals surface area contributed by atoms with E-state index in [-0.39, 0.29) is 0 Å².